The zero-order valence-corrected chi connectivity index (χ0v) is 13.3. The van der Waals surface area contributed by atoms with E-state index < -0.39 is 0 Å². The van der Waals surface area contributed by atoms with Crippen molar-refractivity contribution in [3.05, 3.63) is 45.9 Å². The van der Waals surface area contributed by atoms with Crippen molar-refractivity contribution in [3.8, 4) is 11.4 Å². The van der Waals surface area contributed by atoms with Crippen LogP contribution < -0.4 is 5.73 Å². The summed E-state index contributed by atoms with van der Waals surface area (Å²) in [4.78, 5) is 4.72. The number of hydrogen-bond acceptors (Lipinski definition) is 2. The Morgan fingerprint density at radius 1 is 1.19 bits per heavy atom. The van der Waals surface area contributed by atoms with Gasteiger partial charge in [-0.05, 0) is 43.7 Å². The van der Waals surface area contributed by atoms with Gasteiger partial charge in [0.15, 0.2) is 0 Å². The summed E-state index contributed by atoms with van der Waals surface area (Å²) in [5.41, 5.74) is 10.6. The zero-order valence-electron chi connectivity index (χ0n) is 11.8. The molecule has 0 fully saturated rings. The van der Waals surface area contributed by atoms with E-state index in [1.807, 2.05) is 6.07 Å². The third-order valence-electron chi connectivity index (χ3n) is 3.56. The molecule has 2 aromatic carbocycles. The third-order valence-corrected chi connectivity index (χ3v) is 4.09. The summed E-state index contributed by atoms with van der Waals surface area (Å²) in [6.45, 7) is 4.92. The second kappa shape index (κ2) is 5.24. The average Bonchev–Trinajstić information content (AvgIpc) is 2.79. The van der Waals surface area contributed by atoms with Crippen LogP contribution in [0.25, 0.3) is 22.4 Å². The minimum absolute atomic E-state index is 0.448. The van der Waals surface area contributed by atoms with Crippen LogP contribution in [-0.4, -0.2) is 9.55 Å². The maximum atomic E-state index is 6.14. The van der Waals surface area contributed by atoms with E-state index in [-0.39, 0.29) is 0 Å². The van der Waals surface area contributed by atoms with Crippen LogP contribution in [-0.2, 0) is 6.54 Å². The molecule has 0 saturated heterocycles. The summed E-state index contributed by atoms with van der Waals surface area (Å²) < 4.78 is 2.12. The lowest BCUT2D eigenvalue weighted by Crippen LogP contribution is -2.00. The van der Waals surface area contributed by atoms with Gasteiger partial charge in [-0.3, -0.25) is 0 Å². The van der Waals surface area contributed by atoms with E-state index in [0.29, 0.717) is 15.7 Å². The molecule has 0 radical (unpaired) electrons. The first kappa shape index (κ1) is 14.2. The van der Waals surface area contributed by atoms with E-state index in [9.17, 15) is 0 Å². The van der Waals surface area contributed by atoms with Crippen molar-refractivity contribution in [2.45, 2.75) is 20.4 Å². The van der Waals surface area contributed by atoms with Crippen molar-refractivity contribution >= 4 is 39.9 Å². The van der Waals surface area contributed by atoms with Crippen molar-refractivity contribution in [1.29, 1.82) is 0 Å². The zero-order chi connectivity index (χ0) is 15.1. The number of imidazole rings is 1. The van der Waals surface area contributed by atoms with Crippen molar-refractivity contribution < 1.29 is 0 Å². The molecule has 0 aliphatic carbocycles. The number of nitrogens with two attached hydrogens (primary N) is 1. The summed E-state index contributed by atoms with van der Waals surface area (Å²) in [6.07, 6.45) is 0. The average molecular weight is 320 g/mol. The number of fused-ring (bicyclic) bond motifs is 1. The Morgan fingerprint density at radius 3 is 2.67 bits per heavy atom. The lowest BCUT2D eigenvalue weighted by Gasteiger charge is -2.10. The highest BCUT2D eigenvalue weighted by Gasteiger charge is 2.16. The lowest BCUT2D eigenvalue weighted by atomic mass is 10.1. The first-order valence-corrected chi connectivity index (χ1v) is 7.48. The SMILES string of the molecule is CCn1c(-c2cc(Cl)cc(Cl)c2N)nc2cc(C)ccc21. The maximum absolute atomic E-state index is 6.14. The quantitative estimate of drug-likeness (QED) is 0.681. The van der Waals surface area contributed by atoms with Crippen LogP contribution in [0.1, 0.15) is 12.5 Å². The molecule has 0 bridgehead atoms. The number of halogens is 2. The topological polar surface area (TPSA) is 43.8 Å². The van der Waals surface area contributed by atoms with Gasteiger partial charge >= 0.3 is 0 Å². The number of anilines is 1. The number of nitrogen functional groups attached to an aromatic ring is 1. The molecule has 0 amide bonds. The summed E-state index contributed by atoms with van der Waals surface area (Å²) in [6, 6.07) is 9.67. The minimum Gasteiger partial charge on any atom is -0.397 e. The highest BCUT2D eigenvalue weighted by atomic mass is 35.5. The van der Waals surface area contributed by atoms with Gasteiger partial charge in [-0.1, -0.05) is 29.3 Å². The number of hydrogen-bond donors (Lipinski definition) is 1. The Labute approximate surface area is 133 Å². The van der Waals surface area contributed by atoms with Gasteiger partial charge in [-0.15, -0.1) is 0 Å². The van der Waals surface area contributed by atoms with Gasteiger partial charge in [-0.25, -0.2) is 4.98 Å². The van der Waals surface area contributed by atoms with E-state index in [1.54, 1.807) is 6.07 Å². The molecule has 1 aromatic heterocycles. The van der Waals surface area contributed by atoms with Gasteiger partial charge in [0.25, 0.3) is 0 Å². The summed E-state index contributed by atoms with van der Waals surface area (Å²) in [5, 5.41) is 0.999. The molecule has 0 aliphatic rings. The highest BCUT2D eigenvalue weighted by molar-refractivity contribution is 6.37. The fraction of sp³-hybridized carbons (Fsp3) is 0.188. The predicted molar refractivity (Wildman–Crippen MR) is 90.0 cm³/mol. The number of rotatable bonds is 2. The van der Waals surface area contributed by atoms with Gasteiger partial charge in [0, 0.05) is 17.1 Å². The van der Waals surface area contributed by atoms with Gasteiger partial charge in [-0.2, -0.15) is 0 Å². The van der Waals surface area contributed by atoms with Crippen LogP contribution in [0.4, 0.5) is 5.69 Å². The van der Waals surface area contributed by atoms with E-state index in [4.69, 9.17) is 33.9 Å². The van der Waals surface area contributed by atoms with Gasteiger partial charge in [0.05, 0.1) is 21.7 Å². The smallest absolute Gasteiger partial charge is 0.143 e. The van der Waals surface area contributed by atoms with Crippen LogP contribution in [0.15, 0.2) is 30.3 Å². The fourth-order valence-electron chi connectivity index (χ4n) is 2.54. The Bertz CT molecular complexity index is 837. The van der Waals surface area contributed by atoms with Crippen molar-refractivity contribution in [1.82, 2.24) is 9.55 Å². The Hall–Kier alpha value is -1.71. The largest absolute Gasteiger partial charge is 0.397 e. The number of nitrogens with zero attached hydrogens (tertiary/aromatic N) is 2. The van der Waals surface area contributed by atoms with Crippen LogP contribution in [0, 0.1) is 6.92 Å². The molecule has 0 atom stereocenters. The monoisotopic (exact) mass is 319 g/mol. The molecule has 0 spiro atoms. The lowest BCUT2D eigenvalue weighted by molar-refractivity contribution is 0.796. The fourth-order valence-corrected chi connectivity index (χ4v) is 3.03. The maximum Gasteiger partial charge on any atom is 0.143 e. The van der Waals surface area contributed by atoms with E-state index >= 15 is 0 Å². The molecule has 3 nitrogen and oxygen atoms in total. The molecule has 2 N–H and O–H groups in total. The molecule has 108 valence electrons. The van der Waals surface area contributed by atoms with Crippen LogP contribution in [0.5, 0.6) is 0 Å². The molecule has 1 heterocycles. The molecule has 5 heteroatoms. The van der Waals surface area contributed by atoms with E-state index in [0.717, 1.165) is 29.0 Å². The van der Waals surface area contributed by atoms with Gasteiger partial charge in [0.1, 0.15) is 5.82 Å². The molecular formula is C16H15Cl2N3. The Balaban J connectivity index is 2.35. The van der Waals surface area contributed by atoms with Crippen LogP contribution in [0.3, 0.4) is 0 Å². The predicted octanol–water partition coefficient (Wildman–Crippen LogP) is 4.92. The van der Waals surface area contributed by atoms with Gasteiger partial charge < -0.3 is 10.3 Å². The normalized spacial score (nSPS) is 11.2. The number of aryl methyl sites for hydroxylation is 2. The summed E-state index contributed by atoms with van der Waals surface area (Å²) >= 11 is 12.3. The molecule has 3 rings (SSSR count). The Morgan fingerprint density at radius 2 is 1.95 bits per heavy atom. The minimum atomic E-state index is 0.448. The second-order valence-corrected chi connectivity index (χ2v) is 5.86. The highest BCUT2D eigenvalue weighted by Crippen LogP contribution is 2.36. The molecule has 21 heavy (non-hydrogen) atoms. The van der Waals surface area contributed by atoms with Crippen molar-refractivity contribution in [3.63, 3.8) is 0 Å². The molecule has 0 saturated carbocycles. The molecule has 3 aromatic rings. The number of aromatic nitrogens is 2. The van der Waals surface area contributed by atoms with Crippen molar-refractivity contribution in [2.24, 2.45) is 0 Å². The first-order chi connectivity index (χ1) is 10.0. The van der Waals surface area contributed by atoms with Crippen molar-refractivity contribution in [2.75, 3.05) is 5.73 Å². The summed E-state index contributed by atoms with van der Waals surface area (Å²) in [5.74, 6) is 0.792. The molecule has 0 aliphatic heterocycles. The summed E-state index contributed by atoms with van der Waals surface area (Å²) in [7, 11) is 0. The number of benzene rings is 2. The van der Waals surface area contributed by atoms with Crippen LogP contribution in [0.2, 0.25) is 10.0 Å². The van der Waals surface area contributed by atoms with E-state index in [2.05, 4.69) is 36.6 Å². The van der Waals surface area contributed by atoms with E-state index in [1.165, 1.54) is 5.56 Å². The second-order valence-electron chi connectivity index (χ2n) is 5.02. The third kappa shape index (κ3) is 2.37. The molecule has 0 unspecified atom stereocenters. The van der Waals surface area contributed by atoms with Crippen LogP contribution >= 0.6 is 23.2 Å². The van der Waals surface area contributed by atoms with Gasteiger partial charge in [0.2, 0.25) is 0 Å². The first-order valence-electron chi connectivity index (χ1n) is 6.73. The molecular weight excluding hydrogens is 305 g/mol. The standard InChI is InChI=1S/C16H15Cl2N3/c1-3-21-14-5-4-9(2)6-13(14)20-16(21)11-7-10(17)8-12(18)15(11)19/h4-8H,3,19H2,1-2H3. The Kier molecular flexibility index (Phi) is 3.56.